The van der Waals surface area contributed by atoms with Crippen LogP contribution in [0, 0.1) is 5.82 Å². The fraction of sp³-hybridized carbons (Fsp3) is 0.381. The highest BCUT2D eigenvalue weighted by atomic mass is 19.4. The molecule has 2 aromatic rings. The predicted octanol–water partition coefficient (Wildman–Crippen LogP) is 2.06. The van der Waals surface area contributed by atoms with E-state index in [9.17, 15) is 31.9 Å². The van der Waals surface area contributed by atoms with Gasteiger partial charge in [0.1, 0.15) is 11.9 Å². The maximum atomic E-state index is 13.7. The van der Waals surface area contributed by atoms with E-state index in [1.165, 1.54) is 6.07 Å². The summed E-state index contributed by atoms with van der Waals surface area (Å²) in [5.41, 5.74) is -1.78. The lowest BCUT2D eigenvalue weighted by molar-refractivity contribution is -0.138. The van der Waals surface area contributed by atoms with Crippen molar-refractivity contribution in [2.24, 2.45) is 0 Å². The Morgan fingerprint density at radius 1 is 1.21 bits per heavy atom. The first kappa shape index (κ1) is 23.4. The zero-order valence-electron chi connectivity index (χ0n) is 17.9. The molecule has 9 nitrogen and oxygen atoms in total. The van der Waals surface area contributed by atoms with Gasteiger partial charge in [0.05, 0.1) is 23.4 Å². The number of fused-ring (bicyclic) bond motifs is 3. The number of benzene rings is 1. The van der Waals surface area contributed by atoms with Crippen LogP contribution in [0.4, 0.5) is 29.1 Å². The average Bonchev–Trinajstić information content (AvgIpc) is 2.80. The Labute approximate surface area is 191 Å². The van der Waals surface area contributed by atoms with Crippen LogP contribution in [0.5, 0.6) is 0 Å². The molecule has 2 N–H and O–H groups in total. The van der Waals surface area contributed by atoms with Crippen LogP contribution in [0.1, 0.15) is 39.8 Å². The second-order valence-electron chi connectivity index (χ2n) is 7.86. The Hall–Kier alpha value is -3.77. The van der Waals surface area contributed by atoms with Crippen LogP contribution < -0.4 is 15.5 Å². The van der Waals surface area contributed by atoms with Crippen LogP contribution in [-0.4, -0.2) is 65.0 Å². The molecule has 1 saturated heterocycles. The van der Waals surface area contributed by atoms with E-state index in [0.717, 1.165) is 11.3 Å². The van der Waals surface area contributed by atoms with Crippen LogP contribution in [0.3, 0.4) is 0 Å². The Morgan fingerprint density at radius 2 is 1.97 bits per heavy atom. The molecule has 0 aliphatic carbocycles. The van der Waals surface area contributed by atoms with Crippen LogP contribution in [-0.2, 0) is 11.0 Å². The fourth-order valence-corrected chi connectivity index (χ4v) is 3.90. The van der Waals surface area contributed by atoms with Gasteiger partial charge in [-0.25, -0.2) is 4.39 Å². The fourth-order valence-electron chi connectivity index (χ4n) is 3.90. The smallest absolute Gasteiger partial charge is 0.351 e. The van der Waals surface area contributed by atoms with Gasteiger partial charge in [0.25, 0.3) is 11.8 Å². The number of halogens is 4. The van der Waals surface area contributed by atoms with Crippen LogP contribution in [0.25, 0.3) is 0 Å². The van der Waals surface area contributed by atoms with Crippen LogP contribution in [0.2, 0.25) is 0 Å². The van der Waals surface area contributed by atoms with Crippen molar-refractivity contribution in [1.29, 1.82) is 0 Å². The first-order chi connectivity index (χ1) is 16.1. The van der Waals surface area contributed by atoms with Gasteiger partial charge in [-0.3, -0.25) is 14.4 Å². The van der Waals surface area contributed by atoms with Gasteiger partial charge < -0.3 is 20.4 Å². The number of alkyl halides is 3. The van der Waals surface area contributed by atoms with Gasteiger partial charge in [0.15, 0.2) is 11.5 Å². The summed E-state index contributed by atoms with van der Waals surface area (Å²) in [5.74, 6) is -2.69. The topological polar surface area (TPSA) is 108 Å². The molecule has 0 spiro atoms. The zero-order valence-corrected chi connectivity index (χ0v) is 17.9. The molecule has 1 fully saturated rings. The molecule has 1 aromatic heterocycles. The predicted molar refractivity (Wildman–Crippen MR) is 112 cm³/mol. The first-order valence-corrected chi connectivity index (χ1v) is 10.5. The lowest BCUT2D eigenvalue weighted by Crippen LogP contribution is -2.61. The number of piperazine rings is 1. The number of aromatic nitrogens is 2. The number of nitrogens with one attached hydrogen (secondary N) is 2. The molecule has 1 atom stereocenters. The van der Waals surface area contributed by atoms with E-state index in [0.29, 0.717) is 24.7 Å². The molecule has 1 unspecified atom stereocenters. The van der Waals surface area contributed by atoms with Crippen molar-refractivity contribution in [3.05, 3.63) is 46.9 Å². The maximum Gasteiger partial charge on any atom is 0.417 e. The number of nitrogens with zero attached hydrogens (tertiary/aromatic N) is 4. The number of carbonyl (C=O) groups is 3. The number of anilines is 2. The Morgan fingerprint density at radius 3 is 2.68 bits per heavy atom. The van der Waals surface area contributed by atoms with E-state index in [-0.39, 0.29) is 36.8 Å². The van der Waals surface area contributed by atoms with Crippen molar-refractivity contribution in [3.8, 4) is 0 Å². The molecular weight excluding hydrogens is 460 g/mol. The number of amides is 3. The third-order valence-electron chi connectivity index (χ3n) is 5.56. The van der Waals surface area contributed by atoms with Crippen molar-refractivity contribution in [1.82, 2.24) is 20.4 Å². The monoisotopic (exact) mass is 480 g/mol. The third-order valence-corrected chi connectivity index (χ3v) is 5.56. The summed E-state index contributed by atoms with van der Waals surface area (Å²) in [6.07, 6.45) is -4.12. The Kier molecular flexibility index (Phi) is 6.11. The summed E-state index contributed by atoms with van der Waals surface area (Å²) in [7, 11) is 0. The molecule has 3 amide bonds. The summed E-state index contributed by atoms with van der Waals surface area (Å²) in [6.45, 7) is 2.14. The molecule has 180 valence electrons. The number of hydrogen-bond donors (Lipinski definition) is 2. The molecule has 0 bridgehead atoms. The lowest BCUT2D eigenvalue weighted by atomic mass is 10.0. The second kappa shape index (κ2) is 8.88. The van der Waals surface area contributed by atoms with Crippen molar-refractivity contribution >= 4 is 29.2 Å². The van der Waals surface area contributed by atoms with Gasteiger partial charge >= 0.3 is 6.18 Å². The minimum atomic E-state index is -4.85. The lowest BCUT2D eigenvalue weighted by Gasteiger charge is -2.44. The summed E-state index contributed by atoms with van der Waals surface area (Å²) >= 11 is 0. The highest BCUT2D eigenvalue weighted by molar-refractivity contribution is 6.05. The van der Waals surface area contributed by atoms with Crippen LogP contribution in [0.15, 0.2) is 24.3 Å². The second-order valence-corrected chi connectivity index (χ2v) is 7.86. The quantitative estimate of drug-likeness (QED) is 0.649. The van der Waals surface area contributed by atoms with E-state index in [1.54, 1.807) is 4.90 Å². The average molecular weight is 480 g/mol. The summed E-state index contributed by atoms with van der Waals surface area (Å²) in [5, 5.41) is 13.2. The Balaban J connectivity index is 1.56. The summed E-state index contributed by atoms with van der Waals surface area (Å²) < 4.78 is 53.7. The van der Waals surface area contributed by atoms with E-state index in [1.807, 2.05) is 6.92 Å². The van der Waals surface area contributed by atoms with Gasteiger partial charge in [-0.1, -0.05) is 6.92 Å². The van der Waals surface area contributed by atoms with E-state index < -0.39 is 46.9 Å². The number of rotatable bonds is 4. The van der Waals surface area contributed by atoms with Gasteiger partial charge in [-0.2, -0.15) is 13.2 Å². The third kappa shape index (κ3) is 4.37. The zero-order chi connectivity index (χ0) is 24.6. The summed E-state index contributed by atoms with van der Waals surface area (Å²) in [6, 6.07) is 2.15. The van der Waals surface area contributed by atoms with Crippen molar-refractivity contribution in [2.75, 3.05) is 36.4 Å². The molecule has 0 saturated carbocycles. The van der Waals surface area contributed by atoms with Gasteiger partial charge in [-0.15, -0.1) is 10.2 Å². The molecular formula is C21H20F4N6O3. The highest BCUT2D eigenvalue weighted by Gasteiger charge is 2.42. The standard InChI is InChI=1S/C21H20F4N6O3/c1-2-5-26-18(32)15-9-14-17(29-28-15)31-7-6-30(10-16(31)19(33)27-14)20(34)12-8-11(22)3-4-13(12)21(23,24)25/h3-4,8-9,16H,2,5-7,10H2,1H3,(H,26,32)(H,27,33). The largest absolute Gasteiger partial charge is 0.417 e. The maximum absolute atomic E-state index is 13.7. The minimum Gasteiger partial charge on any atom is -0.351 e. The van der Waals surface area contributed by atoms with Gasteiger partial charge in [0, 0.05) is 19.6 Å². The van der Waals surface area contributed by atoms with E-state index in [4.69, 9.17) is 0 Å². The van der Waals surface area contributed by atoms with Gasteiger partial charge in [0.2, 0.25) is 5.91 Å². The van der Waals surface area contributed by atoms with Crippen molar-refractivity contribution < 1.29 is 31.9 Å². The first-order valence-electron chi connectivity index (χ1n) is 10.5. The van der Waals surface area contributed by atoms with Gasteiger partial charge in [-0.05, 0) is 30.7 Å². The Bertz CT molecular complexity index is 1160. The highest BCUT2D eigenvalue weighted by Crippen LogP contribution is 2.35. The molecule has 4 rings (SSSR count). The normalized spacial score (nSPS) is 17.6. The van der Waals surface area contributed by atoms with Crippen LogP contribution >= 0.6 is 0 Å². The van der Waals surface area contributed by atoms with E-state index >= 15 is 0 Å². The number of carbonyl (C=O) groups excluding carboxylic acids is 3. The molecule has 2 aliphatic heterocycles. The molecule has 34 heavy (non-hydrogen) atoms. The van der Waals surface area contributed by atoms with Crippen molar-refractivity contribution in [2.45, 2.75) is 25.6 Å². The van der Waals surface area contributed by atoms with E-state index in [2.05, 4.69) is 20.8 Å². The SMILES string of the molecule is CCCNC(=O)c1cc2c(nn1)N1CCN(C(=O)c3cc(F)ccc3C(F)(F)F)CC1C(=O)N2. The minimum absolute atomic E-state index is 0.0190. The summed E-state index contributed by atoms with van der Waals surface area (Å²) in [4.78, 5) is 40.4. The van der Waals surface area contributed by atoms with Crippen molar-refractivity contribution in [3.63, 3.8) is 0 Å². The molecule has 2 aliphatic rings. The number of hydrogen-bond acceptors (Lipinski definition) is 6. The molecule has 0 radical (unpaired) electrons. The molecule has 13 heteroatoms. The molecule has 1 aromatic carbocycles. The molecule has 3 heterocycles.